The Morgan fingerprint density at radius 3 is 2.67 bits per heavy atom. The van der Waals surface area contributed by atoms with E-state index in [4.69, 9.17) is 5.11 Å². The summed E-state index contributed by atoms with van der Waals surface area (Å²) >= 11 is 0. The number of aliphatic hydroxyl groups is 1. The number of halogens is 1. The molecule has 0 aliphatic rings. The monoisotopic (exact) mass is 124 g/mol. The highest BCUT2D eigenvalue weighted by Gasteiger charge is 1.86. The van der Waals surface area contributed by atoms with E-state index in [2.05, 4.69) is 12.1 Å². The minimum atomic E-state index is -0.452. The minimum Gasteiger partial charge on any atom is -0.391 e. The molecular formula is C7H5FO. The Kier molecular flexibility index (Phi) is 1.66. The van der Waals surface area contributed by atoms with Crippen molar-refractivity contribution in [3.63, 3.8) is 0 Å². The first-order chi connectivity index (χ1) is 4.33. The largest absolute Gasteiger partial charge is 0.391 e. The van der Waals surface area contributed by atoms with Crippen LogP contribution in [0.25, 0.3) is 0 Å². The third-order valence-corrected chi connectivity index (χ3v) is 0.944. The maximum absolute atomic E-state index is 12.1. The van der Waals surface area contributed by atoms with Crippen molar-refractivity contribution in [2.24, 2.45) is 0 Å². The number of rotatable bonds is 1. The van der Waals surface area contributed by atoms with E-state index < -0.39 is 5.82 Å². The van der Waals surface area contributed by atoms with Gasteiger partial charge in [0.1, 0.15) is 0 Å². The smallest absolute Gasteiger partial charge is 0.173 e. The van der Waals surface area contributed by atoms with Crippen molar-refractivity contribution < 1.29 is 9.50 Å². The van der Waals surface area contributed by atoms with Gasteiger partial charge in [0.15, 0.2) is 5.82 Å². The van der Waals surface area contributed by atoms with Crippen LogP contribution < -0.4 is 0 Å². The van der Waals surface area contributed by atoms with E-state index in [1.807, 2.05) is 0 Å². The summed E-state index contributed by atoms with van der Waals surface area (Å²) in [7, 11) is 0. The molecule has 0 bridgehead atoms. The first-order valence-corrected chi connectivity index (χ1v) is 2.52. The van der Waals surface area contributed by atoms with Crippen molar-refractivity contribution in [2.45, 2.75) is 6.61 Å². The Balaban J connectivity index is 2.88. The van der Waals surface area contributed by atoms with Gasteiger partial charge in [-0.2, -0.15) is 4.39 Å². The molecule has 0 aliphatic heterocycles. The SMILES string of the molecule is OCc1c#cc(F)cc1. The minimum absolute atomic E-state index is 0.114. The van der Waals surface area contributed by atoms with Gasteiger partial charge in [-0.1, -0.05) is 6.07 Å². The standard InChI is InChI=1S/C7H5FO/c8-7-3-1-6(5-9)2-4-7/h1,3,9H,5H2. The Labute approximate surface area is 52.8 Å². The molecule has 1 nitrogen and oxygen atoms in total. The first-order valence-electron chi connectivity index (χ1n) is 2.52. The zero-order valence-electron chi connectivity index (χ0n) is 4.69. The maximum atomic E-state index is 12.1. The van der Waals surface area contributed by atoms with Crippen molar-refractivity contribution in [3.8, 4) is 0 Å². The summed E-state index contributed by atoms with van der Waals surface area (Å²) in [6.07, 6.45) is 0. The lowest BCUT2D eigenvalue weighted by Crippen LogP contribution is -1.78. The second-order valence-corrected chi connectivity index (χ2v) is 1.61. The number of hydrogen-bond acceptors (Lipinski definition) is 1. The zero-order valence-corrected chi connectivity index (χ0v) is 4.69. The van der Waals surface area contributed by atoms with Crippen molar-refractivity contribution in [2.75, 3.05) is 0 Å². The molecule has 1 N–H and O–H groups in total. The topological polar surface area (TPSA) is 20.2 Å². The van der Waals surface area contributed by atoms with Crippen LogP contribution in [0.4, 0.5) is 4.39 Å². The van der Waals surface area contributed by atoms with E-state index >= 15 is 0 Å². The molecule has 0 aromatic heterocycles. The van der Waals surface area contributed by atoms with Crippen LogP contribution in [0.2, 0.25) is 0 Å². The molecule has 1 aromatic carbocycles. The predicted molar refractivity (Wildman–Crippen MR) is 30.0 cm³/mol. The quantitative estimate of drug-likeness (QED) is 0.590. The van der Waals surface area contributed by atoms with Crippen LogP contribution in [0.15, 0.2) is 12.1 Å². The molecule has 0 aliphatic carbocycles. The van der Waals surface area contributed by atoms with Gasteiger partial charge in [0, 0.05) is 5.56 Å². The summed E-state index contributed by atoms with van der Waals surface area (Å²) in [5.41, 5.74) is 0.552. The molecule has 46 valence electrons. The summed E-state index contributed by atoms with van der Waals surface area (Å²) < 4.78 is 12.1. The molecule has 0 heterocycles. The van der Waals surface area contributed by atoms with Crippen LogP contribution in [0.3, 0.4) is 0 Å². The van der Waals surface area contributed by atoms with Crippen LogP contribution in [0, 0.1) is 17.9 Å². The van der Waals surface area contributed by atoms with Gasteiger partial charge in [-0.25, -0.2) is 0 Å². The van der Waals surface area contributed by atoms with Crippen LogP contribution in [-0.4, -0.2) is 5.11 Å². The Hall–Kier alpha value is -1.07. The third kappa shape index (κ3) is 1.41. The Bertz CT molecular complexity index is 181. The fourth-order valence-corrected chi connectivity index (χ4v) is 0.489. The predicted octanol–water partition coefficient (Wildman–Crippen LogP) is 0.918. The lowest BCUT2D eigenvalue weighted by Gasteiger charge is -1.85. The van der Waals surface area contributed by atoms with Gasteiger partial charge in [-0.05, 0) is 18.2 Å². The zero-order chi connectivity index (χ0) is 6.69. The molecule has 0 unspecified atom stereocenters. The maximum Gasteiger partial charge on any atom is 0.173 e. The molecule has 1 rings (SSSR count). The Morgan fingerprint density at radius 1 is 1.44 bits per heavy atom. The van der Waals surface area contributed by atoms with Crippen LogP contribution in [-0.2, 0) is 6.61 Å². The number of aliphatic hydroxyl groups excluding tert-OH is 1. The summed E-state index contributed by atoms with van der Waals surface area (Å²) in [6, 6.07) is 7.34. The molecule has 9 heavy (non-hydrogen) atoms. The van der Waals surface area contributed by atoms with Gasteiger partial charge in [-0.15, -0.1) is 0 Å². The van der Waals surface area contributed by atoms with Gasteiger partial charge in [0.25, 0.3) is 0 Å². The molecule has 0 fully saturated rings. The van der Waals surface area contributed by atoms with Gasteiger partial charge < -0.3 is 5.11 Å². The summed E-state index contributed by atoms with van der Waals surface area (Å²) in [6.45, 7) is -0.114. The summed E-state index contributed by atoms with van der Waals surface area (Å²) in [5.74, 6) is -0.452. The molecule has 0 amide bonds. The average Bonchev–Trinajstić information content (AvgIpc) is 1.90. The molecule has 0 saturated heterocycles. The van der Waals surface area contributed by atoms with E-state index in [1.54, 1.807) is 0 Å². The lowest BCUT2D eigenvalue weighted by molar-refractivity contribution is 0.282. The molecular weight excluding hydrogens is 119 g/mol. The normalized spacial score (nSPS) is 8.67. The van der Waals surface area contributed by atoms with Gasteiger partial charge >= 0.3 is 0 Å². The molecule has 0 saturated carbocycles. The fourth-order valence-electron chi connectivity index (χ4n) is 0.489. The molecule has 1 aromatic rings. The van der Waals surface area contributed by atoms with Gasteiger partial charge in [0.2, 0.25) is 0 Å². The Morgan fingerprint density at radius 2 is 2.22 bits per heavy atom. The number of hydrogen-bond donors (Lipinski definition) is 1. The summed E-state index contributed by atoms with van der Waals surface area (Å²) in [5, 5.41) is 8.45. The summed E-state index contributed by atoms with van der Waals surface area (Å²) in [4.78, 5) is 0. The van der Waals surface area contributed by atoms with E-state index in [9.17, 15) is 4.39 Å². The fraction of sp³-hybridized carbons (Fsp3) is 0.143. The third-order valence-electron chi connectivity index (χ3n) is 0.944. The van der Waals surface area contributed by atoms with Crippen molar-refractivity contribution in [3.05, 3.63) is 35.6 Å². The van der Waals surface area contributed by atoms with Gasteiger partial charge in [0.05, 0.1) is 6.61 Å². The van der Waals surface area contributed by atoms with Crippen LogP contribution >= 0.6 is 0 Å². The van der Waals surface area contributed by atoms with Gasteiger partial charge in [-0.3, -0.25) is 0 Å². The van der Waals surface area contributed by atoms with Crippen LogP contribution in [0.5, 0.6) is 0 Å². The molecule has 0 atom stereocenters. The van der Waals surface area contributed by atoms with E-state index in [1.165, 1.54) is 12.1 Å². The first kappa shape index (κ1) is 6.06. The van der Waals surface area contributed by atoms with Crippen molar-refractivity contribution in [1.82, 2.24) is 0 Å². The van der Waals surface area contributed by atoms with Crippen molar-refractivity contribution >= 4 is 0 Å². The van der Waals surface area contributed by atoms with E-state index in [-0.39, 0.29) is 6.61 Å². The highest BCUT2D eigenvalue weighted by molar-refractivity contribution is 5.07. The molecule has 0 spiro atoms. The van der Waals surface area contributed by atoms with Crippen molar-refractivity contribution in [1.29, 1.82) is 0 Å². The second-order valence-electron chi connectivity index (χ2n) is 1.61. The molecule has 0 radical (unpaired) electrons. The highest BCUT2D eigenvalue weighted by Crippen LogP contribution is 1.94. The average molecular weight is 124 g/mol. The van der Waals surface area contributed by atoms with E-state index in [0.717, 1.165) is 0 Å². The highest BCUT2D eigenvalue weighted by atomic mass is 19.1. The van der Waals surface area contributed by atoms with Crippen LogP contribution in [0.1, 0.15) is 5.56 Å². The lowest BCUT2D eigenvalue weighted by atomic mass is 10.3. The van der Waals surface area contributed by atoms with E-state index in [0.29, 0.717) is 5.56 Å². The second kappa shape index (κ2) is 2.47. The molecule has 2 heteroatoms.